The number of amides is 1. The van der Waals surface area contributed by atoms with Crippen molar-refractivity contribution in [2.45, 2.75) is 6.92 Å². The van der Waals surface area contributed by atoms with Crippen LogP contribution in [0.4, 0.5) is 0 Å². The predicted molar refractivity (Wildman–Crippen MR) is 69.2 cm³/mol. The van der Waals surface area contributed by atoms with Crippen LogP contribution in [0.25, 0.3) is 0 Å². The highest BCUT2D eigenvalue weighted by Crippen LogP contribution is 2.17. The van der Waals surface area contributed by atoms with Gasteiger partial charge in [-0.3, -0.25) is 4.79 Å². The number of carbonyl (C=O) groups excluding carboxylic acids is 1. The van der Waals surface area contributed by atoms with Crippen molar-refractivity contribution in [3.63, 3.8) is 0 Å². The summed E-state index contributed by atoms with van der Waals surface area (Å²) in [5.74, 6) is 0.468. The molecule has 2 N–H and O–H groups in total. The molecule has 98 valence electrons. The smallest absolute Gasteiger partial charge is 0.497 e. The van der Waals surface area contributed by atoms with Gasteiger partial charge < -0.3 is 10.1 Å². The lowest BCUT2D eigenvalue weighted by molar-refractivity contribution is 0.0949. The molecule has 0 saturated carbocycles. The lowest BCUT2D eigenvalue weighted by Crippen LogP contribution is -2.29. The van der Waals surface area contributed by atoms with Crippen molar-refractivity contribution in [3.05, 3.63) is 29.8 Å². The summed E-state index contributed by atoms with van der Waals surface area (Å²) in [7, 11) is -0.587. The molecule has 0 aliphatic heterocycles. The molecule has 1 amide bonds. The van der Waals surface area contributed by atoms with Crippen molar-refractivity contribution in [2.24, 2.45) is 5.92 Å². The summed E-state index contributed by atoms with van der Waals surface area (Å²) in [5.41, 5.74) is 0.538. The summed E-state index contributed by atoms with van der Waals surface area (Å²) in [6, 6.07) is 6.77. The fraction of sp³-hybridized carbons (Fsp3) is 0.417. The Hall–Kier alpha value is -1.45. The Balaban J connectivity index is 2.47. The number of hydrogen-bond acceptors (Lipinski definition) is 3. The molecular formula is C12H17NO4P+. The van der Waals surface area contributed by atoms with Crippen LogP contribution in [0.15, 0.2) is 24.3 Å². The van der Waals surface area contributed by atoms with Gasteiger partial charge in [-0.15, -0.1) is 0 Å². The van der Waals surface area contributed by atoms with E-state index in [9.17, 15) is 9.36 Å². The highest BCUT2D eigenvalue weighted by atomic mass is 31.1. The van der Waals surface area contributed by atoms with E-state index in [-0.39, 0.29) is 18.0 Å². The third-order valence-corrected chi connectivity index (χ3v) is 3.37. The SMILES string of the molecule is COc1ccc(C(=O)NCC(C)C[P+](=O)O)cc1. The zero-order chi connectivity index (χ0) is 13.5. The van der Waals surface area contributed by atoms with Gasteiger partial charge in [-0.1, -0.05) is 6.92 Å². The molecule has 6 heteroatoms. The van der Waals surface area contributed by atoms with Crippen molar-refractivity contribution >= 4 is 13.9 Å². The molecule has 0 spiro atoms. The molecule has 0 aliphatic rings. The monoisotopic (exact) mass is 270 g/mol. The van der Waals surface area contributed by atoms with Crippen molar-refractivity contribution in [3.8, 4) is 5.75 Å². The second-order valence-electron chi connectivity index (χ2n) is 4.08. The minimum atomic E-state index is -2.15. The van der Waals surface area contributed by atoms with Crippen LogP contribution in [0.3, 0.4) is 0 Å². The molecule has 18 heavy (non-hydrogen) atoms. The van der Waals surface area contributed by atoms with Crippen molar-refractivity contribution in [1.29, 1.82) is 0 Å². The summed E-state index contributed by atoms with van der Waals surface area (Å²) in [6.07, 6.45) is 0.193. The average molecular weight is 270 g/mol. The van der Waals surface area contributed by atoms with E-state index >= 15 is 0 Å². The van der Waals surface area contributed by atoms with Crippen LogP contribution in [-0.2, 0) is 4.57 Å². The molecule has 1 aromatic carbocycles. The second kappa shape index (κ2) is 7.09. The summed E-state index contributed by atoms with van der Waals surface area (Å²) in [6.45, 7) is 2.20. The highest BCUT2D eigenvalue weighted by Gasteiger charge is 2.17. The van der Waals surface area contributed by atoms with Gasteiger partial charge in [-0.25, -0.2) is 0 Å². The molecular weight excluding hydrogens is 253 g/mol. The summed E-state index contributed by atoms with van der Waals surface area (Å²) in [4.78, 5) is 20.5. The van der Waals surface area contributed by atoms with E-state index in [0.29, 0.717) is 17.9 Å². The zero-order valence-corrected chi connectivity index (χ0v) is 11.3. The van der Waals surface area contributed by atoms with Gasteiger partial charge in [0.25, 0.3) is 5.91 Å². The fourth-order valence-corrected chi connectivity index (χ4v) is 2.10. The second-order valence-corrected chi connectivity index (χ2v) is 5.15. The summed E-state index contributed by atoms with van der Waals surface area (Å²) >= 11 is 0. The normalized spacial score (nSPS) is 12.7. The molecule has 0 heterocycles. The molecule has 2 unspecified atom stereocenters. The third kappa shape index (κ3) is 4.82. The summed E-state index contributed by atoms with van der Waals surface area (Å²) < 4.78 is 15.6. The van der Waals surface area contributed by atoms with Crippen LogP contribution in [-0.4, -0.2) is 30.6 Å². The standard InChI is InChI=1S/C12H16NO4P/c1-9(8-18(15)16)7-13-12(14)10-3-5-11(17-2)6-4-10/h3-6,9H,7-8H2,1-2H3,(H-,13,14,15,16)/p+1. The lowest BCUT2D eigenvalue weighted by atomic mass is 10.2. The van der Waals surface area contributed by atoms with E-state index in [1.807, 2.05) is 6.92 Å². The molecule has 0 saturated heterocycles. The van der Waals surface area contributed by atoms with Crippen LogP contribution in [0.5, 0.6) is 5.75 Å². The van der Waals surface area contributed by atoms with E-state index in [1.165, 1.54) is 0 Å². The molecule has 0 aromatic heterocycles. The van der Waals surface area contributed by atoms with Gasteiger partial charge in [0, 0.05) is 18.0 Å². The first-order chi connectivity index (χ1) is 8.52. The molecule has 1 aromatic rings. The maximum Gasteiger partial charge on any atom is 0.505 e. The molecule has 0 radical (unpaired) electrons. The van der Waals surface area contributed by atoms with Crippen LogP contribution < -0.4 is 10.1 Å². The molecule has 1 rings (SSSR count). The number of nitrogens with one attached hydrogen (secondary N) is 1. The predicted octanol–water partition coefficient (Wildman–Crippen LogP) is 1.80. The van der Waals surface area contributed by atoms with Crippen LogP contribution in [0.2, 0.25) is 0 Å². The number of benzene rings is 1. The molecule has 0 fully saturated rings. The first kappa shape index (κ1) is 14.6. The average Bonchev–Trinajstić information content (AvgIpc) is 2.35. The highest BCUT2D eigenvalue weighted by molar-refractivity contribution is 7.38. The quantitative estimate of drug-likeness (QED) is 0.773. The fourth-order valence-electron chi connectivity index (χ4n) is 1.44. The van der Waals surface area contributed by atoms with Crippen molar-refractivity contribution in [2.75, 3.05) is 19.8 Å². The van der Waals surface area contributed by atoms with E-state index < -0.39 is 8.03 Å². The van der Waals surface area contributed by atoms with Crippen LogP contribution in [0, 0.1) is 5.92 Å². The van der Waals surface area contributed by atoms with Gasteiger partial charge in [0.15, 0.2) is 6.16 Å². The van der Waals surface area contributed by atoms with Gasteiger partial charge in [0.05, 0.1) is 7.11 Å². The lowest BCUT2D eigenvalue weighted by Gasteiger charge is -2.08. The number of carbonyl (C=O) groups is 1. The minimum absolute atomic E-state index is 0.0270. The number of ether oxygens (including phenoxy) is 1. The van der Waals surface area contributed by atoms with Crippen LogP contribution >= 0.6 is 8.03 Å². The summed E-state index contributed by atoms with van der Waals surface area (Å²) in [5, 5.41) is 2.72. The minimum Gasteiger partial charge on any atom is -0.497 e. The molecule has 5 nitrogen and oxygen atoms in total. The van der Waals surface area contributed by atoms with Crippen molar-refractivity contribution < 1.29 is 19.0 Å². The number of hydrogen-bond donors (Lipinski definition) is 2. The number of methoxy groups -OCH3 is 1. The van der Waals surface area contributed by atoms with E-state index in [1.54, 1.807) is 31.4 Å². The Morgan fingerprint density at radius 3 is 2.56 bits per heavy atom. The van der Waals surface area contributed by atoms with Gasteiger partial charge in [0.1, 0.15) is 5.75 Å². The Bertz CT molecular complexity index is 419. The zero-order valence-electron chi connectivity index (χ0n) is 10.4. The van der Waals surface area contributed by atoms with Gasteiger partial charge in [0.2, 0.25) is 0 Å². The topological polar surface area (TPSA) is 75.6 Å². The van der Waals surface area contributed by atoms with Gasteiger partial charge in [-0.2, -0.15) is 4.89 Å². The van der Waals surface area contributed by atoms with Crippen LogP contribution in [0.1, 0.15) is 17.3 Å². The van der Waals surface area contributed by atoms with E-state index in [0.717, 1.165) is 0 Å². The Kier molecular flexibility index (Phi) is 5.75. The Morgan fingerprint density at radius 1 is 1.44 bits per heavy atom. The number of rotatable bonds is 6. The Morgan fingerprint density at radius 2 is 2.06 bits per heavy atom. The molecule has 2 atom stereocenters. The van der Waals surface area contributed by atoms with Gasteiger partial charge >= 0.3 is 8.03 Å². The van der Waals surface area contributed by atoms with Gasteiger partial charge in [-0.05, 0) is 28.8 Å². The van der Waals surface area contributed by atoms with Crippen molar-refractivity contribution in [1.82, 2.24) is 5.32 Å². The van der Waals surface area contributed by atoms with E-state index in [4.69, 9.17) is 9.63 Å². The van der Waals surface area contributed by atoms with E-state index in [2.05, 4.69) is 5.32 Å². The Labute approximate surface area is 107 Å². The third-order valence-electron chi connectivity index (χ3n) is 2.43. The maximum absolute atomic E-state index is 11.7. The maximum atomic E-state index is 11.7. The first-order valence-electron chi connectivity index (χ1n) is 5.58. The first-order valence-corrected chi connectivity index (χ1v) is 6.98. The molecule has 0 aliphatic carbocycles. The molecule has 0 bridgehead atoms. The largest absolute Gasteiger partial charge is 0.505 e.